The van der Waals surface area contributed by atoms with Gasteiger partial charge in [-0.15, -0.1) is 11.8 Å². The van der Waals surface area contributed by atoms with Crippen molar-refractivity contribution in [2.45, 2.75) is 56.9 Å². The molecule has 6 N–H and O–H groups in total. The van der Waals surface area contributed by atoms with E-state index in [9.17, 15) is 43.5 Å². The van der Waals surface area contributed by atoms with E-state index in [0.717, 1.165) is 4.90 Å². The molecule has 0 bridgehead atoms. The minimum Gasteiger partial charge on any atom is -0.480 e. The first-order valence-electron chi connectivity index (χ1n) is 17.5. The summed E-state index contributed by atoms with van der Waals surface area (Å²) in [4.78, 5) is 116. The number of benzene rings is 1. The van der Waals surface area contributed by atoms with Gasteiger partial charge in [-0.05, 0) is 44.0 Å². The van der Waals surface area contributed by atoms with E-state index in [-0.39, 0.29) is 73.7 Å². The maximum Gasteiger partial charge on any atom is 0.326 e. The number of fused-ring (bicyclic) bond motifs is 1. The molecule has 19 nitrogen and oxygen atoms in total. The van der Waals surface area contributed by atoms with Gasteiger partial charge in [0, 0.05) is 63.5 Å². The Morgan fingerprint density at radius 3 is 2.51 bits per heavy atom. The van der Waals surface area contributed by atoms with Gasteiger partial charge in [0.05, 0.1) is 30.2 Å². The van der Waals surface area contributed by atoms with E-state index >= 15 is 0 Å². The molecule has 294 valence electrons. The van der Waals surface area contributed by atoms with E-state index in [1.165, 1.54) is 35.0 Å². The fraction of sp³-hybridized carbons (Fsp3) is 0.457. The standard InChI is InChI=1S/C35H44N10O9S/c1-20-40-31-30(33(51)41-20)42-23(17-39-31)16-38-22-8-6-21(7-9-22)32(50)43-25(35(53)54)11-10-24(46)18-36-13-14-55-26-15-29(49)45(34(26)52)19-27(47)37-12-4-5-28(48)44(2)3/h6-9,17,25-26,36,38H,4-5,10-16,18-19H2,1-3H3,(H,37,47)(H,43,50)(H,53,54)(H,39,40,41,51)/t25-,26?/m0/s1. The summed E-state index contributed by atoms with van der Waals surface area (Å²) in [5, 5.41) is 20.1. The number of aromatic nitrogens is 4. The lowest BCUT2D eigenvalue weighted by molar-refractivity contribution is -0.142. The predicted molar refractivity (Wildman–Crippen MR) is 201 cm³/mol. The number of nitrogens with zero attached hydrogens (tertiary/aromatic N) is 5. The molecule has 1 fully saturated rings. The Kier molecular flexibility index (Phi) is 15.3. The number of hydrogen-bond donors (Lipinski definition) is 6. The van der Waals surface area contributed by atoms with E-state index in [1.807, 2.05) is 0 Å². The molecular formula is C35H44N10O9S. The van der Waals surface area contributed by atoms with E-state index in [2.05, 4.69) is 41.2 Å². The Morgan fingerprint density at radius 2 is 1.80 bits per heavy atom. The largest absolute Gasteiger partial charge is 0.480 e. The molecule has 1 saturated heterocycles. The molecule has 1 unspecified atom stereocenters. The number of aryl methyl sites for hydroxylation is 1. The number of carbonyl (C=O) groups is 7. The van der Waals surface area contributed by atoms with E-state index in [0.29, 0.717) is 35.9 Å². The van der Waals surface area contributed by atoms with Crippen LogP contribution in [0.5, 0.6) is 0 Å². The van der Waals surface area contributed by atoms with E-state index in [4.69, 9.17) is 0 Å². The third-order valence-corrected chi connectivity index (χ3v) is 9.55. The van der Waals surface area contributed by atoms with Gasteiger partial charge >= 0.3 is 5.97 Å². The van der Waals surface area contributed by atoms with Crippen molar-refractivity contribution < 1.29 is 38.7 Å². The van der Waals surface area contributed by atoms with E-state index < -0.39 is 53.0 Å². The summed E-state index contributed by atoms with van der Waals surface area (Å²) in [6.45, 7) is 2.00. The summed E-state index contributed by atoms with van der Waals surface area (Å²) in [5.74, 6) is -2.83. The molecule has 5 amide bonds. The zero-order valence-corrected chi connectivity index (χ0v) is 31.5. The fourth-order valence-electron chi connectivity index (χ4n) is 5.31. The van der Waals surface area contributed by atoms with Gasteiger partial charge in [0.15, 0.2) is 11.2 Å². The molecule has 0 radical (unpaired) electrons. The third kappa shape index (κ3) is 12.7. The Bertz CT molecular complexity index is 1970. The van der Waals surface area contributed by atoms with Crippen molar-refractivity contribution in [2.24, 2.45) is 0 Å². The SMILES string of the molecule is Cc1nc2ncc(CNc3ccc(C(=O)N[C@@H](CCC(=O)CNCCSC4CC(=O)N(CC(=O)NCCCC(=O)N(C)C)C4=O)C(=O)O)cc3)nc2c(=O)[nH]1. The van der Waals surface area contributed by atoms with Gasteiger partial charge in [0.2, 0.25) is 23.6 Å². The molecule has 2 aromatic heterocycles. The fourth-order valence-corrected chi connectivity index (χ4v) is 6.39. The van der Waals surface area contributed by atoms with Gasteiger partial charge in [0.1, 0.15) is 24.2 Å². The van der Waals surface area contributed by atoms with Crippen molar-refractivity contribution in [2.75, 3.05) is 51.3 Å². The lowest BCUT2D eigenvalue weighted by atomic mass is 10.1. The zero-order chi connectivity index (χ0) is 40.1. The number of rotatable bonds is 21. The summed E-state index contributed by atoms with van der Waals surface area (Å²) in [5.41, 5.74) is 1.30. The van der Waals surface area contributed by atoms with Crippen LogP contribution in [0.15, 0.2) is 35.3 Å². The number of aromatic amines is 1. The first kappa shape index (κ1) is 42.0. The number of anilines is 1. The summed E-state index contributed by atoms with van der Waals surface area (Å²) in [6, 6.07) is 4.97. The van der Waals surface area contributed by atoms with Crippen LogP contribution in [-0.4, -0.2) is 133 Å². The average molecular weight is 781 g/mol. The Hall–Kier alpha value is -5.76. The Labute approximate surface area is 319 Å². The number of thioether (sulfide) groups is 1. The number of H-pyrrole nitrogens is 1. The van der Waals surface area contributed by atoms with Crippen LogP contribution in [0.3, 0.4) is 0 Å². The van der Waals surface area contributed by atoms with Gasteiger partial charge in [-0.25, -0.2) is 19.7 Å². The van der Waals surface area contributed by atoms with Gasteiger partial charge in [0.25, 0.3) is 11.5 Å². The molecule has 0 aliphatic carbocycles. The van der Waals surface area contributed by atoms with Crippen LogP contribution < -0.4 is 26.8 Å². The van der Waals surface area contributed by atoms with E-state index in [1.54, 1.807) is 33.2 Å². The number of aliphatic carboxylic acids is 1. The number of ketones is 1. The lowest BCUT2D eigenvalue weighted by Crippen LogP contribution is -2.41. The van der Waals surface area contributed by atoms with Crippen LogP contribution in [0.4, 0.5) is 5.69 Å². The highest BCUT2D eigenvalue weighted by Gasteiger charge is 2.39. The number of carboxylic acids is 1. The second-order valence-electron chi connectivity index (χ2n) is 12.9. The number of hydrogen-bond acceptors (Lipinski definition) is 14. The van der Waals surface area contributed by atoms with Crippen LogP contribution in [0.2, 0.25) is 0 Å². The number of imide groups is 1. The zero-order valence-electron chi connectivity index (χ0n) is 30.7. The normalized spacial score (nSPS) is 14.5. The maximum atomic E-state index is 12.8. The summed E-state index contributed by atoms with van der Waals surface area (Å²) >= 11 is 1.23. The molecule has 4 rings (SSSR count). The van der Waals surface area contributed by atoms with Crippen LogP contribution in [0.25, 0.3) is 11.2 Å². The van der Waals surface area contributed by atoms with Crippen molar-refractivity contribution in [3.8, 4) is 0 Å². The number of likely N-dealkylation sites (tertiary alicyclic amines) is 1. The number of carboxylic acid groups (broad SMARTS) is 1. The molecule has 0 saturated carbocycles. The monoisotopic (exact) mass is 780 g/mol. The maximum absolute atomic E-state index is 12.8. The molecule has 20 heteroatoms. The molecular weight excluding hydrogens is 737 g/mol. The van der Waals surface area contributed by atoms with Crippen molar-refractivity contribution in [1.82, 2.24) is 45.7 Å². The first-order valence-corrected chi connectivity index (χ1v) is 18.5. The van der Waals surface area contributed by atoms with Gasteiger partial charge in [-0.2, -0.15) is 0 Å². The Balaban J connectivity index is 1.12. The summed E-state index contributed by atoms with van der Waals surface area (Å²) in [6.07, 6.45) is 1.92. The molecule has 1 aliphatic heterocycles. The smallest absolute Gasteiger partial charge is 0.326 e. The molecule has 55 heavy (non-hydrogen) atoms. The minimum atomic E-state index is -1.30. The predicted octanol–water partition coefficient (Wildman–Crippen LogP) is -0.399. The summed E-state index contributed by atoms with van der Waals surface area (Å²) < 4.78 is 0. The number of Topliss-reactive ketones (excluding diaryl/α,β-unsaturated/α-hetero) is 1. The summed E-state index contributed by atoms with van der Waals surface area (Å²) in [7, 11) is 3.28. The Morgan fingerprint density at radius 1 is 1.05 bits per heavy atom. The third-order valence-electron chi connectivity index (χ3n) is 8.33. The van der Waals surface area contributed by atoms with Gasteiger partial charge in [-0.3, -0.25) is 38.5 Å². The molecule has 1 aliphatic rings. The van der Waals surface area contributed by atoms with Crippen molar-refractivity contribution in [3.63, 3.8) is 0 Å². The number of amides is 5. The van der Waals surface area contributed by atoms with Crippen molar-refractivity contribution in [3.05, 3.63) is 57.9 Å². The first-order chi connectivity index (χ1) is 26.2. The topological polar surface area (TPSA) is 266 Å². The quantitative estimate of drug-likeness (QED) is 0.0593. The van der Waals surface area contributed by atoms with Crippen molar-refractivity contribution >= 4 is 69.9 Å². The van der Waals surface area contributed by atoms with Crippen LogP contribution in [0.1, 0.15) is 54.0 Å². The molecule has 3 heterocycles. The molecule has 3 aromatic rings. The van der Waals surface area contributed by atoms with Gasteiger partial charge < -0.3 is 36.3 Å². The number of carbonyl (C=O) groups excluding carboxylic acids is 6. The van der Waals surface area contributed by atoms with Crippen LogP contribution in [0, 0.1) is 6.92 Å². The van der Waals surface area contributed by atoms with Crippen LogP contribution in [-0.2, 0) is 35.3 Å². The highest BCUT2D eigenvalue weighted by atomic mass is 32.2. The highest BCUT2D eigenvalue weighted by Crippen LogP contribution is 2.24. The minimum absolute atomic E-state index is 0.0414. The second kappa shape index (κ2) is 20.1. The van der Waals surface area contributed by atoms with Crippen molar-refractivity contribution in [1.29, 1.82) is 0 Å². The number of nitrogens with one attached hydrogen (secondary N) is 5. The van der Waals surface area contributed by atoms with Gasteiger partial charge in [-0.1, -0.05) is 0 Å². The van der Waals surface area contributed by atoms with Crippen LogP contribution >= 0.6 is 11.8 Å². The highest BCUT2D eigenvalue weighted by molar-refractivity contribution is 8.00. The lowest BCUT2D eigenvalue weighted by Gasteiger charge is -2.15. The molecule has 1 aromatic carbocycles. The second-order valence-corrected chi connectivity index (χ2v) is 14.2. The molecule has 2 atom stereocenters. The molecule has 0 spiro atoms. The average Bonchev–Trinajstić information content (AvgIpc) is 3.41.